The van der Waals surface area contributed by atoms with Crippen molar-refractivity contribution in [3.05, 3.63) is 53.7 Å². The average Bonchev–Trinajstić information content (AvgIpc) is 2.84. The molecule has 1 amide bonds. The molecule has 0 atom stereocenters. The third kappa shape index (κ3) is 1.91. The van der Waals surface area contributed by atoms with Crippen LogP contribution in [0.2, 0.25) is 0 Å². The van der Waals surface area contributed by atoms with Crippen LogP contribution in [0.5, 0.6) is 0 Å². The molecule has 0 aliphatic rings. The number of hydrogen-bond acceptors (Lipinski definition) is 2. The lowest BCUT2D eigenvalue weighted by atomic mass is 9.97. The lowest BCUT2D eigenvalue weighted by Gasteiger charge is -2.08. The van der Waals surface area contributed by atoms with Crippen molar-refractivity contribution in [2.45, 2.75) is 6.92 Å². The number of hydrogen-bond donors (Lipinski definition) is 3. The summed E-state index contributed by atoms with van der Waals surface area (Å²) in [4.78, 5) is 14.5. The van der Waals surface area contributed by atoms with Crippen molar-refractivity contribution in [2.24, 2.45) is 5.73 Å². The molecule has 5 N–H and O–H groups in total. The molecule has 0 saturated heterocycles. The molecule has 0 unspecified atom stereocenters. The first-order valence-corrected chi connectivity index (χ1v) is 6.33. The van der Waals surface area contributed by atoms with E-state index in [1.807, 2.05) is 31.2 Å². The second-order valence-electron chi connectivity index (χ2n) is 4.92. The quantitative estimate of drug-likeness (QED) is 0.622. The van der Waals surface area contributed by atoms with Gasteiger partial charge in [0.25, 0.3) is 5.91 Å². The maximum absolute atomic E-state index is 11.5. The molecule has 0 aliphatic heterocycles. The first kappa shape index (κ1) is 12.3. The standard InChI is InChI=1S/C16H15N3O/c1-9-6-10(8-11(17)7-9)12-2-3-14(16(18)20)15-13(12)4-5-19-15/h2-8,19H,17H2,1H3,(H2,18,20). The number of nitrogens with two attached hydrogens (primary N) is 2. The molecule has 100 valence electrons. The largest absolute Gasteiger partial charge is 0.399 e. The molecule has 0 saturated carbocycles. The van der Waals surface area contributed by atoms with E-state index in [1.165, 1.54) is 0 Å². The van der Waals surface area contributed by atoms with Gasteiger partial charge in [-0.25, -0.2) is 0 Å². The summed E-state index contributed by atoms with van der Waals surface area (Å²) in [5.74, 6) is -0.437. The average molecular weight is 265 g/mol. The number of nitrogens with one attached hydrogen (secondary N) is 1. The third-order valence-electron chi connectivity index (χ3n) is 3.40. The smallest absolute Gasteiger partial charge is 0.250 e. The summed E-state index contributed by atoms with van der Waals surface area (Å²) in [6.45, 7) is 2.01. The van der Waals surface area contributed by atoms with Gasteiger partial charge in [-0.15, -0.1) is 0 Å². The van der Waals surface area contributed by atoms with Crippen molar-refractivity contribution in [2.75, 3.05) is 5.73 Å². The summed E-state index contributed by atoms with van der Waals surface area (Å²) >= 11 is 0. The Morgan fingerprint density at radius 1 is 1.15 bits per heavy atom. The maximum atomic E-state index is 11.5. The van der Waals surface area contributed by atoms with Gasteiger partial charge in [-0.1, -0.05) is 12.1 Å². The third-order valence-corrected chi connectivity index (χ3v) is 3.40. The van der Waals surface area contributed by atoms with Crippen molar-refractivity contribution in [1.29, 1.82) is 0 Å². The highest BCUT2D eigenvalue weighted by atomic mass is 16.1. The number of rotatable bonds is 2. The van der Waals surface area contributed by atoms with E-state index in [-0.39, 0.29) is 0 Å². The first-order chi connectivity index (χ1) is 9.56. The van der Waals surface area contributed by atoms with E-state index < -0.39 is 5.91 Å². The molecule has 3 rings (SSSR count). The van der Waals surface area contributed by atoms with Gasteiger partial charge in [0.1, 0.15) is 0 Å². The first-order valence-electron chi connectivity index (χ1n) is 6.33. The topological polar surface area (TPSA) is 84.9 Å². The Labute approximate surface area is 116 Å². The Bertz CT molecular complexity index is 797. The van der Waals surface area contributed by atoms with Crippen LogP contribution in [-0.4, -0.2) is 10.9 Å². The van der Waals surface area contributed by atoms with Crippen molar-refractivity contribution in [3.8, 4) is 11.1 Å². The normalized spacial score (nSPS) is 10.8. The Morgan fingerprint density at radius 2 is 1.95 bits per heavy atom. The zero-order valence-corrected chi connectivity index (χ0v) is 11.1. The van der Waals surface area contributed by atoms with Crippen molar-refractivity contribution < 1.29 is 4.79 Å². The van der Waals surface area contributed by atoms with Crippen molar-refractivity contribution in [1.82, 2.24) is 4.98 Å². The van der Waals surface area contributed by atoms with Crippen LogP contribution < -0.4 is 11.5 Å². The van der Waals surface area contributed by atoms with Crippen LogP contribution in [-0.2, 0) is 0 Å². The highest BCUT2D eigenvalue weighted by Crippen LogP contribution is 2.31. The highest BCUT2D eigenvalue weighted by Gasteiger charge is 2.12. The summed E-state index contributed by atoms with van der Waals surface area (Å²) in [6, 6.07) is 11.5. The number of nitrogen functional groups attached to an aromatic ring is 1. The molecule has 0 aliphatic carbocycles. The van der Waals surface area contributed by atoms with Gasteiger partial charge in [-0.2, -0.15) is 0 Å². The molecule has 2 aromatic carbocycles. The van der Waals surface area contributed by atoms with Crippen LogP contribution in [0.25, 0.3) is 22.0 Å². The number of fused-ring (bicyclic) bond motifs is 1. The number of aromatic amines is 1. The van der Waals surface area contributed by atoms with Gasteiger partial charge in [-0.3, -0.25) is 4.79 Å². The monoisotopic (exact) mass is 265 g/mol. The summed E-state index contributed by atoms with van der Waals surface area (Å²) < 4.78 is 0. The molecule has 4 heteroatoms. The van der Waals surface area contributed by atoms with Gasteiger partial charge in [0.15, 0.2) is 0 Å². The predicted molar refractivity (Wildman–Crippen MR) is 81.4 cm³/mol. The Hall–Kier alpha value is -2.75. The predicted octanol–water partition coefficient (Wildman–Crippen LogP) is 2.82. The van der Waals surface area contributed by atoms with Gasteiger partial charge in [0, 0.05) is 17.3 Å². The fraction of sp³-hybridized carbons (Fsp3) is 0.0625. The van der Waals surface area contributed by atoms with Crippen LogP contribution in [0.3, 0.4) is 0 Å². The number of aryl methyl sites for hydroxylation is 1. The molecule has 4 nitrogen and oxygen atoms in total. The number of carbonyl (C=O) groups excluding carboxylic acids is 1. The molecule has 1 aromatic heterocycles. The van der Waals surface area contributed by atoms with E-state index in [9.17, 15) is 4.79 Å². The van der Waals surface area contributed by atoms with Crippen LogP contribution in [0.4, 0.5) is 5.69 Å². The Balaban J connectivity index is 2.30. The molecule has 3 aromatic rings. The molecular weight excluding hydrogens is 250 g/mol. The molecule has 20 heavy (non-hydrogen) atoms. The van der Waals surface area contributed by atoms with Crippen LogP contribution in [0.1, 0.15) is 15.9 Å². The van der Waals surface area contributed by atoms with Gasteiger partial charge < -0.3 is 16.5 Å². The molecular formula is C16H15N3O. The number of H-pyrrole nitrogens is 1. The zero-order valence-electron chi connectivity index (χ0n) is 11.1. The van der Waals surface area contributed by atoms with Crippen LogP contribution in [0.15, 0.2) is 42.6 Å². The van der Waals surface area contributed by atoms with E-state index in [2.05, 4.69) is 11.1 Å². The van der Waals surface area contributed by atoms with Crippen LogP contribution >= 0.6 is 0 Å². The minimum Gasteiger partial charge on any atom is -0.399 e. The lowest BCUT2D eigenvalue weighted by molar-refractivity contribution is 0.100. The minimum absolute atomic E-state index is 0.437. The van der Waals surface area contributed by atoms with Gasteiger partial charge >= 0.3 is 0 Å². The second kappa shape index (κ2) is 4.42. The summed E-state index contributed by atoms with van der Waals surface area (Å²) in [5, 5.41) is 0.964. The molecule has 1 heterocycles. The molecule has 0 radical (unpaired) electrons. The number of anilines is 1. The Kier molecular flexibility index (Phi) is 2.71. The Morgan fingerprint density at radius 3 is 2.65 bits per heavy atom. The minimum atomic E-state index is -0.437. The van der Waals surface area contributed by atoms with Gasteiger partial charge in [0.05, 0.1) is 11.1 Å². The fourth-order valence-electron chi connectivity index (χ4n) is 2.58. The van der Waals surface area contributed by atoms with E-state index >= 15 is 0 Å². The number of primary amides is 1. The molecule has 0 spiro atoms. The maximum Gasteiger partial charge on any atom is 0.250 e. The van der Waals surface area contributed by atoms with E-state index in [0.717, 1.165) is 33.3 Å². The molecule has 0 fully saturated rings. The lowest BCUT2D eigenvalue weighted by Crippen LogP contribution is -2.11. The highest BCUT2D eigenvalue weighted by molar-refractivity contribution is 6.09. The summed E-state index contributed by atoms with van der Waals surface area (Å²) in [6.07, 6.45) is 1.81. The van der Waals surface area contributed by atoms with Crippen LogP contribution in [0, 0.1) is 6.92 Å². The number of aromatic nitrogens is 1. The van der Waals surface area contributed by atoms with E-state index in [1.54, 1.807) is 12.3 Å². The summed E-state index contributed by atoms with van der Waals surface area (Å²) in [5.41, 5.74) is 16.4. The number of carbonyl (C=O) groups is 1. The van der Waals surface area contributed by atoms with Gasteiger partial charge in [0.2, 0.25) is 0 Å². The van der Waals surface area contributed by atoms with E-state index in [4.69, 9.17) is 11.5 Å². The van der Waals surface area contributed by atoms with Crippen molar-refractivity contribution in [3.63, 3.8) is 0 Å². The zero-order chi connectivity index (χ0) is 14.3. The van der Waals surface area contributed by atoms with E-state index in [0.29, 0.717) is 5.56 Å². The van der Waals surface area contributed by atoms with Crippen molar-refractivity contribution >= 4 is 22.5 Å². The van der Waals surface area contributed by atoms with Gasteiger partial charge in [-0.05, 0) is 47.9 Å². The SMILES string of the molecule is Cc1cc(N)cc(-c2ccc(C(N)=O)c3[nH]ccc23)c1. The second-order valence-corrected chi connectivity index (χ2v) is 4.92. The summed E-state index contributed by atoms with van der Waals surface area (Å²) in [7, 11) is 0. The molecule has 0 bridgehead atoms. The number of amides is 1. The fourth-order valence-corrected chi connectivity index (χ4v) is 2.58. The number of benzene rings is 2.